The van der Waals surface area contributed by atoms with Crippen molar-refractivity contribution < 1.29 is 13.2 Å². The average molecular weight is 323 g/mol. The van der Waals surface area contributed by atoms with Gasteiger partial charge in [-0.3, -0.25) is 4.79 Å². The van der Waals surface area contributed by atoms with Crippen LogP contribution >= 0.6 is 11.6 Å². The van der Waals surface area contributed by atoms with Gasteiger partial charge in [-0.05, 0) is 18.4 Å². The number of hydrogen-bond acceptors (Lipinski definition) is 4. The highest BCUT2D eigenvalue weighted by Crippen LogP contribution is 2.09. The number of rotatable bonds is 8. The van der Waals surface area contributed by atoms with Crippen LogP contribution in [0.15, 0.2) is 22.0 Å². The normalized spacial score (nSPS) is 12.0. The van der Waals surface area contributed by atoms with Crippen LogP contribution in [-0.4, -0.2) is 33.2 Å². The van der Waals surface area contributed by atoms with Crippen molar-refractivity contribution in [3.8, 4) is 0 Å². The number of ether oxygens (including phenoxy) is 1. The fraction of sp³-hybridized carbons (Fsp3) is 0.583. The minimum atomic E-state index is -3.69. The van der Waals surface area contributed by atoms with E-state index in [0.29, 0.717) is 19.1 Å². The van der Waals surface area contributed by atoms with E-state index in [1.807, 2.05) is 0 Å². The molecule has 114 valence electrons. The summed E-state index contributed by atoms with van der Waals surface area (Å²) < 4.78 is 31.5. The van der Waals surface area contributed by atoms with Crippen molar-refractivity contribution in [2.75, 3.05) is 19.8 Å². The smallest absolute Gasteiger partial charge is 0.266 e. The number of nitrogens with one attached hydrogen (secondary N) is 2. The maximum Gasteiger partial charge on any atom is 0.266 e. The molecule has 1 rings (SSSR count). The highest BCUT2D eigenvalue weighted by molar-refractivity contribution is 7.89. The molecule has 0 radical (unpaired) electrons. The minimum Gasteiger partial charge on any atom is -0.380 e. The van der Waals surface area contributed by atoms with Crippen LogP contribution in [0.3, 0.4) is 0 Å². The molecule has 20 heavy (non-hydrogen) atoms. The van der Waals surface area contributed by atoms with Crippen LogP contribution in [0, 0.1) is 5.92 Å². The number of halogens is 1. The summed E-state index contributed by atoms with van der Waals surface area (Å²) in [5, 5.41) is -0.166. The first-order valence-electron chi connectivity index (χ1n) is 6.28. The van der Waals surface area contributed by atoms with E-state index in [9.17, 15) is 13.2 Å². The van der Waals surface area contributed by atoms with Crippen molar-refractivity contribution in [3.63, 3.8) is 0 Å². The Hall–Kier alpha value is -0.890. The third kappa shape index (κ3) is 5.62. The number of aromatic amines is 1. The maximum atomic E-state index is 11.9. The standard InChI is InChI=1S/C12H19ClN2O4S/c1-9(2)3-5-19-6-4-15-20(17,18)10-7-11(13)12(16)14-8-10/h7-9,15H,3-6H2,1-2H3,(H,14,16). The quantitative estimate of drug-likeness (QED) is 0.707. The highest BCUT2D eigenvalue weighted by Gasteiger charge is 2.14. The van der Waals surface area contributed by atoms with E-state index >= 15 is 0 Å². The molecule has 6 nitrogen and oxygen atoms in total. The molecule has 0 bridgehead atoms. The van der Waals surface area contributed by atoms with Gasteiger partial charge in [0, 0.05) is 19.3 Å². The predicted molar refractivity (Wildman–Crippen MR) is 77.5 cm³/mol. The van der Waals surface area contributed by atoms with Crippen LogP contribution in [0.5, 0.6) is 0 Å². The minimum absolute atomic E-state index is 0.0794. The van der Waals surface area contributed by atoms with Gasteiger partial charge in [0.25, 0.3) is 5.56 Å². The second-order valence-electron chi connectivity index (χ2n) is 4.71. The number of aromatic nitrogens is 1. The summed E-state index contributed by atoms with van der Waals surface area (Å²) in [6.07, 6.45) is 2.04. The van der Waals surface area contributed by atoms with E-state index in [1.54, 1.807) is 0 Å². The first-order valence-corrected chi connectivity index (χ1v) is 8.14. The van der Waals surface area contributed by atoms with Gasteiger partial charge in [-0.15, -0.1) is 0 Å². The van der Waals surface area contributed by atoms with E-state index in [1.165, 1.54) is 0 Å². The molecule has 0 aliphatic rings. The molecule has 0 aromatic carbocycles. The molecule has 0 atom stereocenters. The van der Waals surface area contributed by atoms with Crippen molar-refractivity contribution in [2.45, 2.75) is 25.2 Å². The Labute approximate surface area is 123 Å². The van der Waals surface area contributed by atoms with E-state index in [-0.39, 0.29) is 16.5 Å². The van der Waals surface area contributed by atoms with Crippen LogP contribution in [0.2, 0.25) is 5.02 Å². The van der Waals surface area contributed by atoms with Crippen LogP contribution in [0.25, 0.3) is 0 Å². The van der Waals surface area contributed by atoms with E-state index < -0.39 is 15.6 Å². The summed E-state index contributed by atoms with van der Waals surface area (Å²) in [6, 6.07) is 1.11. The SMILES string of the molecule is CC(C)CCOCCNS(=O)(=O)c1c[nH]c(=O)c(Cl)c1. The van der Waals surface area contributed by atoms with Crippen LogP contribution < -0.4 is 10.3 Å². The van der Waals surface area contributed by atoms with Gasteiger partial charge in [-0.25, -0.2) is 13.1 Å². The third-order valence-electron chi connectivity index (χ3n) is 2.52. The van der Waals surface area contributed by atoms with Gasteiger partial charge < -0.3 is 9.72 Å². The van der Waals surface area contributed by atoms with Crippen LogP contribution in [-0.2, 0) is 14.8 Å². The fourth-order valence-electron chi connectivity index (χ4n) is 1.35. The molecule has 0 aliphatic carbocycles. The molecule has 1 aromatic heterocycles. The molecule has 1 heterocycles. The second-order valence-corrected chi connectivity index (χ2v) is 6.88. The molecule has 0 saturated carbocycles. The van der Waals surface area contributed by atoms with Gasteiger partial charge in [0.05, 0.1) is 11.5 Å². The molecule has 1 aromatic rings. The third-order valence-corrected chi connectivity index (χ3v) is 4.24. The molecule has 2 N–H and O–H groups in total. The summed E-state index contributed by atoms with van der Waals surface area (Å²) in [5.41, 5.74) is -0.525. The van der Waals surface area contributed by atoms with Crippen molar-refractivity contribution >= 4 is 21.6 Å². The van der Waals surface area contributed by atoms with Crippen molar-refractivity contribution in [1.29, 1.82) is 0 Å². The Morgan fingerprint density at radius 2 is 2.10 bits per heavy atom. The summed E-state index contributed by atoms with van der Waals surface area (Å²) in [6.45, 7) is 5.24. The molecule has 8 heteroatoms. The number of sulfonamides is 1. The van der Waals surface area contributed by atoms with Crippen molar-refractivity contribution in [2.24, 2.45) is 5.92 Å². The van der Waals surface area contributed by atoms with E-state index in [4.69, 9.17) is 16.3 Å². The Morgan fingerprint density at radius 3 is 2.70 bits per heavy atom. The average Bonchev–Trinajstić information content (AvgIpc) is 2.36. The van der Waals surface area contributed by atoms with Gasteiger partial charge in [0.2, 0.25) is 10.0 Å². The zero-order chi connectivity index (χ0) is 15.2. The van der Waals surface area contributed by atoms with Crippen LogP contribution in [0.4, 0.5) is 0 Å². The Bertz CT molecular complexity index is 583. The monoisotopic (exact) mass is 322 g/mol. The van der Waals surface area contributed by atoms with Gasteiger partial charge in [0.1, 0.15) is 5.02 Å². The Morgan fingerprint density at radius 1 is 1.40 bits per heavy atom. The molecular weight excluding hydrogens is 304 g/mol. The topological polar surface area (TPSA) is 88.3 Å². The van der Waals surface area contributed by atoms with Gasteiger partial charge in [-0.2, -0.15) is 0 Å². The molecular formula is C12H19ClN2O4S. The maximum absolute atomic E-state index is 11.9. The summed E-state index contributed by atoms with van der Waals surface area (Å²) in [4.78, 5) is 13.2. The first kappa shape index (κ1) is 17.2. The van der Waals surface area contributed by atoms with Gasteiger partial charge in [-0.1, -0.05) is 25.4 Å². The summed E-state index contributed by atoms with van der Waals surface area (Å²) in [7, 11) is -3.69. The fourth-order valence-corrected chi connectivity index (χ4v) is 2.59. The highest BCUT2D eigenvalue weighted by atomic mass is 35.5. The second kappa shape index (κ2) is 7.78. The van der Waals surface area contributed by atoms with Crippen LogP contribution in [0.1, 0.15) is 20.3 Å². The van der Waals surface area contributed by atoms with Gasteiger partial charge >= 0.3 is 0 Å². The van der Waals surface area contributed by atoms with Gasteiger partial charge in [0.15, 0.2) is 0 Å². The van der Waals surface area contributed by atoms with Crippen molar-refractivity contribution in [3.05, 3.63) is 27.6 Å². The molecule has 0 saturated heterocycles. The number of pyridine rings is 1. The Balaban J connectivity index is 2.45. The summed E-state index contributed by atoms with van der Waals surface area (Å²) >= 11 is 5.59. The zero-order valence-corrected chi connectivity index (χ0v) is 13.1. The number of hydrogen-bond donors (Lipinski definition) is 2. The number of H-pyrrole nitrogens is 1. The lowest BCUT2D eigenvalue weighted by Gasteiger charge is -2.08. The lowest BCUT2D eigenvalue weighted by Crippen LogP contribution is -2.28. The van der Waals surface area contributed by atoms with E-state index in [0.717, 1.165) is 18.7 Å². The summed E-state index contributed by atoms with van der Waals surface area (Å²) in [5.74, 6) is 0.551. The molecule has 0 fully saturated rings. The molecule has 0 spiro atoms. The van der Waals surface area contributed by atoms with Crippen molar-refractivity contribution in [1.82, 2.24) is 9.71 Å². The molecule has 0 aliphatic heterocycles. The zero-order valence-electron chi connectivity index (χ0n) is 11.5. The predicted octanol–water partition coefficient (Wildman–Crippen LogP) is 1.37. The lowest BCUT2D eigenvalue weighted by molar-refractivity contribution is 0.128. The first-order chi connectivity index (χ1) is 9.33. The molecule has 0 amide bonds. The largest absolute Gasteiger partial charge is 0.380 e. The Kier molecular flexibility index (Phi) is 6.67. The molecule has 0 unspecified atom stereocenters. The lowest BCUT2D eigenvalue weighted by atomic mass is 10.1. The van der Waals surface area contributed by atoms with E-state index in [2.05, 4.69) is 23.6 Å².